The number of rotatable bonds is 7. The summed E-state index contributed by atoms with van der Waals surface area (Å²) >= 11 is 0. The van der Waals surface area contributed by atoms with E-state index in [4.69, 9.17) is 0 Å². The van der Waals surface area contributed by atoms with Crippen LogP contribution < -0.4 is 10.2 Å². The number of nitriles is 1. The van der Waals surface area contributed by atoms with Gasteiger partial charge in [-0.15, -0.1) is 0 Å². The summed E-state index contributed by atoms with van der Waals surface area (Å²) in [4.78, 5) is 7.00. The molecule has 1 aromatic rings. The minimum atomic E-state index is 0.802. The molecule has 0 spiro atoms. The van der Waals surface area contributed by atoms with Gasteiger partial charge in [0, 0.05) is 58.0 Å². The van der Waals surface area contributed by atoms with Crippen LogP contribution in [0, 0.1) is 11.3 Å². The molecule has 1 aromatic carbocycles. The number of hydrogen-bond donors (Lipinski definition) is 1. The van der Waals surface area contributed by atoms with Crippen molar-refractivity contribution in [3.8, 4) is 6.07 Å². The first-order chi connectivity index (χ1) is 11.1. The van der Waals surface area contributed by atoms with E-state index in [2.05, 4.69) is 59.2 Å². The number of likely N-dealkylation sites (N-methyl/N-ethyl adjacent to an activating group) is 2. The SMILES string of the molecule is CCN(CCN(C)C)c1ccc(C#N)c(CN2CCNCC2)c1. The van der Waals surface area contributed by atoms with E-state index in [1.54, 1.807) is 0 Å². The zero-order chi connectivity index (χ0) is 16.7. The smallest absolute Gasteiger partial charge is 0.0995 e. The zero-order valence-corrected chi connectivity index (χ0v) is 14.7. The van der Waals surface area contributed by atoms with Gasteiger partial charge >= 0.3 is 0 Å². The molecule has 1 saturated heterocycles. The third kappa shape index (κ3) is 5.21. The minimum absolute atomic E-state index is 0.802. The molecular weight excluding hydrogens is 286 g/mol. The van der Waals surface area contributed by atoms with Crippen molar-refractivity contribution in [3.05, 3.63) is 29.3 Å². The Morgan fingerprint density at radius 3 is 2.57 bits per heavy atom. The molecule has 5 nitrogen and oxygen atoms in total. The monoisotopic (exact) mass is 315 g/mol. The van der Waals surface area contributed by atoms with Crippen molar-refractivity contribution in [1.82, 2.24) is 15.1 Å². The van der Waals surface area contributed by atoms with Crippen LogP contribution in [-0.4, -0.2) is 69.7 Å². The topological polar surface area (TPSA) is 45.5 Å². The molecule has 0 saturated carbocycles. The molecule has 0 amide bonds. The van der Waals surface area contributed by atoms with Gasteiger partial charge < -0.3 is 15.1 Å². The first-order valence-corrected chi connectivity index (χ1v) is 8.49. The van der Waals surface area contributed by atoms with E-state index in [0.29, 0.717) is 0 Å². The van der Waals surface area contributed by atoms with Gasteiger partial charge in [-0.05, 0) is 44.8 Å². The minimum Gasteiger partial charge on any atom is -0.371 e. The highest BCUT2D eigenvalue weighted by Gasteiger charge is 2.14. The summed E-state index contributed by atoms with van der Waals surface area (Å²) in [5, 5.41) is 12.8. The van der Waals surface area contributed by atoms with Crippen molar-refractivity contribution in [3.63, 3.8) is 0 Å². The van der Waals surface area contributed by atoms with Crippen LogP contribution in [0.25, 0.3) is 0 Å². The Labute approximate surface area is 140 Å². The van der Waals surface area contributed by atoms with E-state index < -0.39 is 0 Å². The number of nitrogens with one attached hydrogen (secondary N) is 1. The van der Waals surface area contributed by atoms with Crippen molar-refractivity contribution < 1.29 is 0 Å². The summed E-state index contributed by atoms with van der Waals surface area (Å²) < 4.78 is 0. The Bertz CT molecular complexity index is 529. The third-order valence-corrected chi connectivity index (χ3v) is 4.38. The zero-order valence-electron chi connectivity index (χ0n) is 14.7. The number of anilines is 1. The van der Waals surface area contributed by atoms with Gasteiger partial charge in [-0.25, -0.2) is 0 Å². The summed E-state index contributed by atoms with van der Waals surface area (Å²) in [6.45, 7) is 10.2. The molecule has 0 radical (unpaired) electrons. The number of nitrogens with zero attached hydrogens (tertiary/aromatic N) is 4. The molecule has 0 aliphatic carbocycles. The maximum Gasteiger partial charge on any atom is 0.0995 e. The molecule has 1 heterocycles. The van der Waals surface area contributed by atoms with E-state index in [1.807, 2.05) is 6.07 Å². The lowest BCUT2D eigenvalue weighted by atomic mass is 10.1. The van der Waals surface area contributed by atoms with E-state index in [9.17, 15) is 5.26 Å². The highest BCUT2D eigenvalue weighted by atomic mass is 15.2. The molecule has 1 fully saturated rings. The Morgan fingerprint density at radius 2 is 1.96 bits per heavy atom. The number of hydrogen-bond acceptors (Lipinski definition) is 5. The molecule has 126 valence electrons. The van der Waals surface area contributed by atoms with Crippen LogP contribution in [0.15, 0.2) is 18.2 Å². The molecule has 1 aliphatic heterocycles. The van der Waals surface area contributed by atoms with Gasteiger partial charge in [-0.2, -0.15) is 5.26 Å². The standard InChI is InChI=1S/C18H29N5/c1-4-23(12-11-21(2)3)18-6-5-16(14-19)17(13-18)15-22-9-7-20-8-10-22/h5-6,13,20H,4,7-12,15H2,1-3H3. The first kappa shape index (κ1) is 17.7. The molecule has 0 aromatic heterocycles. The molecule has 2 rings (SSSR count). The van der Waals surface area contributed by atoms with Crippen molar-refractivity contribution >= 4 is 5.69 Å². The fourth-order valence-electron chi connectivity index (χ4n) is 2.92. The lowest BCUT2D eigenvalue weighted by molar-refractivity contribution is 0.233. The first-order valence-electron chi connectivity index (χ1n) is 8.49. The summed E-state index contributed by atoms with van der Waals surface area (Å²) in [6, 6.07) is 8.62. The lowest BCUT2D eigenvalue weighted by Gasteiger charge is -2.29. The second kappa shape index (κ2) is 8.88. The highest BCUT2D eigenvalue weighted by Crippen LogP contribution is 2.21. The van der Waals surface area contributed by atoms with Gasteiger partial charge in [0.15, 0.2) is 0 Å². The second-order valence-electron chi connectivity index (χ2n) is 6.36. The van der Waals surface area contributed by atoms with Gasteiger partial charge in [0.2, 0.25) is 0 Å². The highest BCUT2D eigenvalue weighted by molar-refractivity contribution is 5.54. The van der Waals surface area contributed by atoms with Crippen LogP contribution in [0.5, 0.6) is 0 Å². The summed E-state index contributed by atoms with van der Waals surface area (Å²) in [5.74, 6) is 0. The fraction of sp³-hybridized carbons (Fsp3) is 0.611. The van der Waals surface area contributed by atoms with Crippen molar-refractivity contribution in [2.75, 3.05) is 64.8 Å². The summed E-state index contributed by atoms with van der Waals surface area (Å²) in [6.07, 6.45) is 0. The molecule has 1 N–H and O–H groups in total. The fourth-order valence-corrected chi connectivity index (χ4v) is 2.92. The van der Waals surface area contributed by atoms with Crippen LogP contribution in [0.2, 0.25) is 0 Å². The molecule has 0 unspecified atom stereocenters. The van der Waals surface area contributed by atoms with Gasteiger partial charge in [0.05, 0.1) is 11.6 Å². The Morgan fingerprint density at radius 1 is 1.22 bits per heavy atom. The van der Waals surface area contributed by atoms with Crippen LogP contribution in [-0.2, 0) is 6.54 Å². The third-order valence-electron chi connectivity index (χ3n) is 4.38. The number of benzene rings is 1. The largest absolute Gasteiger partial charge is 0.371 e. The molecule has 23 heavy (non-hydrogen) atoms. The average Bonchev–Trinajstić information content (AvgIpc) is 2.56. The van der Waals surface area contributed by atoms with Crippen molar-refractivity contribution in [2.45, 2.75) is 13.5 Å². The van der Waals surface area contributed by atoms with E-state index in [0.717, 1.165) is 63.5 Å². The van der Waals surface area contributed by atoms with Gasteiger partial charge in [-0.1, -0.05) is 0 Å². The maximum absolute atomic E-state index is 9.41. The molecule has 5 heteroatoms. The second-order valence-corrected chi connectivity index (χ2v) is 6.36. The van der Waals surface area contributed by atoms with E-state index in [1.165, 1.54) is 5.69 Å². The average molecular weight is 315 g/mol. The molecule has 1 aliphatic rings. The van der Waals surface area contributed by atoms with Crippen LogP contribution in [0.3, 0.4) is 0 Å². The van der Waals surface area contributed by atoms with Crippen LogP contribution in [0.4, 0.5) is 5.69 Å². The quantitative estimate of drug-likeness (QED) is 0.823. The van der Waals surface area contributed by atoms with Crippen molar-refractivity contribution in [2.24, 2.45) is 0 Å². The summed E-state index contributed by atoms with van der Waals surface area (Å²) in [7, 11) is 4.20. The van der Waals surface area contributed by atoms with Crippen LogP contribution in [0.1, 0.15) is 18.1 Å². The van der Waals surface area contributed by atoms with E-state index in [-0.39, 0.29) is 0 Å². The van der Waals surface area contributed by atoms with E-state index >= 15 is 0 Å². The Balaban J connectivity index is 2.14. The molecule has 0 bridgehead atoms. The Hall–Kier alpha value is -1.61. The number of piperazine rings is 1. The van der Waals surface area contributed by atoms with Gasteiger partial charge in [0.1, 0.15) is 0 Å². The van der Waals surface area contributed by atoms with Gasteiger partial charge in [0.25, 0.3) is 0 Å². The van der Waals surface area contributed by atoms with Crippen LogP contribution >= 0.6 is 0 Å². The Kier molecular flexibility index (Phi) is 6.85. The molecule has 0 atom stereocenters. The lowest BCUT2D eigenvalue weighted by Crippen LogP contribution is -2.43. The maximum atomic E-state index is 9.41. The predicted octanol–water partition coefficient (Wildman–Crippen LogP) is 1.35. The predicted molar refractivity (Wildman–Crippen MR) is 95.7 cm³/mol. The molecular formula is C18H29N5. The normalized spacial score (nSPS) is 15.6. The van der Waals surface area contributed by atoms with Gasteiger partial charge in [-0.3, -0.25) is 4.90 Å². The summed E-state index contributed by atoms with van der Waals surface area (Å²) in [5.41, 5.74) is 3.17. The van der Waals surface area contributed by atoms with Crippen molar-refractivity contribution in [1.29, 1.82) is 5.26 Å².